The van der Waals surface area contributed by atoms with Gasteiger partial charge in [-0.2, -0.15) is 5.10 Å². The SMILES string of the molecule is CCn1ncnc1CNc1cc(C(N)=O)c2ccccc2n1. The Bertz CT molecular complexity index is 826. The monoisotopic (exact) mass is 296 g/mol. The van der Waals surface area contributed by atoms with Crippen LogP contribution in [0.1, 0.15) is 23.1 Å². The van der Waals surface area contributed by atoms with E-state index in [0.29, 0.717) is 17.9 Å². The molecule has 0 saturated heterocycles. The Labute approximate surface area is 127 Å². The first-order valence-corrected chi connectivity index (χ1v) is 6.99. The van der Waals surface area contributed by atoms with Gasteiger partial charge in [0.05, 0.1) is 17.6 Å². The number of hydrogen-bond acceptors (Lipinski definition) is 5. The van der Waals surface area contributed by atoms with Crippen molar-refractivity contribution in [2.75, 3.05) is 5.32 Å². The highest BCUT2D eigenvalue weighted by Gasteiger charge is 2.10. The molecule has 0 spiro atoms. The van der Waals surface area contributed by atoms with Crippen molar-refractivity contribution < 1.29 is 4.79 Å². The van der Waals surface area contributed by atoms with Crippen molar-refractivity contribution >= 4 is 22.6 Å². The van der Waals surface area contributed by atoms with Gasteiger partial charge in [-0.1, -0.05) is 18.2 Å². The Balaban J connectivity index is 1.92. The molecule has 0 aliphatic carbocycles. The van der Waals surface area contributed by atoms with Crippen molar-refractivity contribution in [3.8, 4) is 0 Å². The highest BCUT2D eigenvalue weighted by atomic mass is 16.1. The maximum absolute atomic E-state index is 11.6. The summed E-state index contributed by atoms with van der Waals surface area (Å²) in [7, 11) is 0. The standard InChI is InChI=1S/C15H16N6O/c1-2-21-14(18-9-19-21)8-17-13-7-11(15(16)22)10-5-3-4-6-12(10)20-13/h3-7,9H,2,8H2,1H3,(H2,16,22)(H,17,20). The molecule has 3 N–H and O–H groups in total. The van der Waals surface area contributed by atoms with Gasteiger partial charge in [0.2, 0.25) is 5.91 Å². The number of carbonyl (C=O) groups excluding carboxylic acids is 1. The zero-order chi connectivity index (χ0) is 15.5. The molecule has 0 aliphatic heterocycles. The second kappa shape index (κ2) is 5.80. The number of benzene rings is 1. The van der Waals surface area contributed by atoms with Gasteiger partial charge in [-0.3, -0.25) is 4.79 Å². The van der Waals surface area contributed by atoms with Gasteiger partial charge < -0.3 is 11.1 Å². The van der Waals surface area contributed by atoms with Gasteiger partial charge >= 0.3 is 0 Å². The quantitative estimate of drug-likeness (QED) is 0.744. The molecule has 22 heavy (non-hydrogen) atoms. The van der Waals surface area contributed by atoms with Crippen LogP contribution in [0.4, 0.5) is 5.82 Å². The van der Waals surface area contributed by atoms with Gasteiger partial charge in [0.15, 0.2) is 0 Å². The van der Waals surface area contributed by atoms with E-state index in [2.05, 4.69) is 20.4 Å². The van der Waals surface area contributed by atoms with Gasteiger partial charge in [-0.15, -0.1) is 0 Å². The maximum Gasteiger partial charge on any atom is 0.249 e. The van der Waals surface area contributed by atoms with Crippen LogP contribution in [0.3, 0.4) is 0 Å². The van der Waals surface area contributed by atoms with Crippen LogP contribution in [0.2, 0.25) is 0 Å². The lowest BCUT2D eigenvalue weighted by molar-refractivity contribution is 0.100. The van der Waals surface area contributed by atoms with Crippen LogP contribution in [0.15, 0.2) is 36.7 Å². The molecule has 1 aromatic carbocycles. The second-order valence-electron chi connectivity index (χ2n) is 4.78. The fourth-order valence-corrected chi connectivity index (χ4v) is 2.33. The highest BCUT2D eigenvalue weighted by molar-refractivity contribution is 6.06. The van der Waals surface area contributed by atoms with Crippen LogP contribution in [-0.4, -0.2) is 25.7 Å². The molecule has 0 fully saturated rings. The van der Waals surface area contributed by atoms with Crippen molar-refractivity contribution in [1.82, 2.24) is 19.7 Å². The van der Waals surface area contributed by atoms with Crippen molar-refractivity contribution in [1.29, 1.82) is 0 Å². The molecular weight excluding hydrogens is 280 g/mol. The number of aromatic nitrogens is 4. The van der Waals surface area contributed by atoms with Crippen LogP contribution < -0.4 is 11.1 Å². The zero-order valence-corrected chi connectivity index (χ0v) is 12.2. The lowest BCUT2D eigenvalue weighted by atomic mass is 10.1. The van der Waals surface area contributed by atoms with E-state index in [4.69, 9.17) is 5.73 Å². The number of nitrogens with zero attached hydrogens (tertiary/aromatic N) is 4. The van der Waals surface area contributed by atoms with Crippen LogP contribution in [0.25, 0.3) is 10.9 Å². The number of amides is 1. The van der Waals surface area contributed by atoms with E-state index >= 15 is 0 Å². The molecule has 1 amide bonds. The van der Waals surface area contributed by atoms with Crippen molar-refractivity contribution in [3.05, 3.63) is 48.0 Å². The number of pyridine rings is 1. The van der Waals surface area contributed by atoms with Crippen molar-refractivity contribution in [3.63, 3.8) is 0 Å². The minimum Gasteiger partial charge on any atom is -0.366 e. The van der Waals surface area contributed by atoms with E-state index < -0.39 is 5.91 Å². The lowest BCUT2D eigenvalue weighted by Crippen LogP contribution is -2.14. The molecule has 0 saturated carbocycles. The number of rotatable bonds is 5. The van der Waals surface area contributed by atoms with Gasteiger partial charge in [0, 0.05) is 11.9 Å². The molecule has 2 heterocycles. The van der Waals surface area contributed by atoms with Gasteiger partial charge in [-0.05, 0) is 19.1 Å². The van der Waals surface area contributed by atoms with E-state index in [-0.39, 0.29) is 0 Å². The van der Waals surface area contributed by atoms with Gasteiger partial charge in [-0.25, -0.2) is 14.6 Å². The third-order valence-electron chi connectivity index (χ3n) is 3.40. The average Bonchev–Trinajstić information content (AvgIpc) is 2.99. The minimum absolute atomic E-state index is 0.449. The number of nitrogens with one attached hydrogen (secondary N) is 1. The number of primary amides is 1. The Kier molecular flexibility index (Phi) is 3.69. The summed E-state index contributed by atoms with van der Waals surface area (Å²) in [5, 5.41) is 8.03. The Hall–Kier alpha value is -2.96. The molecule has 3 aromatic rings. The third kappa shape index (κ3) is 2.60. The predicted molar refractivity (Wildman–Crippen MR) is 83.3 cm³/mol. The fraction of sp³-hybridized carbons (Fsp3) is 0.200. The summed E-state index contributed by atoms with van der Waals surface area (Å²) in [6, 6.07) is 9.07. The largest absolute Gasteiger partial charge is 0.366 e. The first-order valence-electron chi connectivity index (χ1n) is 6.99. The molecule has 0 aliphatic rings. The summed E-state index contributed by atoms with van der Waals surface area (Å²) in [5.41, 5.74) is 6.63. The number of carbonyl (C=O) groups is 1. The normalized spacial score (nSPS) is 10.8. The highest BCUT2D eigenvalue weighted by Crippen LogP contribution is 2.20. The van der Waals surface area contributed by atoms with Crippen LogP contribution in [0.5, 0.6) is 0 Å². The van der Waals surface area contributed by atoms with Gasteiger partial charge in [0.1, 0.15) is 18.0 Å². The molecule has 0 unspecified atom stereocenters. The summed E-state index contributed by atoms with van der Waals surface area (Å²) in [6.07, 6.45) is 1.52. The van der Waals surface area contributed by atoms with Crippen LogP contribution in [-0.2, 0) is 13.1 Å². The molecular formula is C15H16N6O. The smallest absolute Gasteiger partial charge is 0.249 e. The number of nitrogens with two attached hydrogens (primary N) is 1. The number of para-hydroxylation sites is 1. The predicted octanol–water partition coefficient (Wildman–Crippen LogP) is 1.56. The van der Waals surface area contributed by atoms with E-state index in [1.54, 1.807) is 10.7 Å². The first kappa shape index (κ1) is 14.0. The molecule has 7 nitrogen and oxygen atoms in total. The molecule has 2 aromatic heterocycles. The second-order valence-corrected chi connectivity index (χ2v) is 4.78. The first-order chi connectivity index (χ1) is 10.7. The Morgan fingerprint density at radius 2 is 2.18 bits per heavy atom. The Morgan fingerprint density at radius 3 is 2.95 bits per heavy atom. The Morgan fingerprint density at radius 1 is 1.36 bits per heavy atom. The van der Waals surface area contributed by atoms with Crippen LogP contribution in [0, 0.1) is 0 Å². The minimum atomic E-state index is -0.474. The summed E-state index contributed by atoms with van der Waals surface area (Å²) < 4.78 is 1.79. The van der Waals surface area contributed by atoms with E-state index in [0.717, 1.165) is 23.3 Å². The maximum atomic E-state index is 11.6. The van der Waals surface area contributed by atoms with Crippen molar-refractivity contribution in [2.24, 2.45) is 5.73 Å². The molecule has 3 rings (SSSR count). The number of fused-ring (bicyclic) bond motifs is 1. The summed E-state index contributed by atoms with van der Waals surface area (Å²) >= 11 is 0. The molecule has 0 bridgehead atoms. The third-order valence-corrected chi connectivity index (χ3v) is 3.40. The topological polar surface area (TPSA) is 98.7 Å². The number of anilines is 1. The van der Waals surface area contributed by atoms with E-state index in [9.17, 15) is 4.79 Å². The number of aryl methyl sites for hydroxylation is 1. The van der Waals surface area contributed by atoms with Crippen molar-refractivity contribution in [2.45, 2.75) is 20.0 Å². The van der Waals surface area contributed by atoms with E-state index in [1.807, 2.05) is 31.2 Å². The lowest BCUT2D eigenvalue weighted by Gasteiger charge is -2.09. The summed E-state index contributed by atoms with van der Waals surface area (Å²) in [4.78, 5) is 20.3. The summed E-state index contributed by atoms with van der Waals surface area (Å²) in [6.45, 7) is 3.21. The molecule has 0 radical (unpaired) electrons. The zero-order valence-electron chi connectivity index (χ0n) is 12.2. The fourth-order valence-electron chi connectivity index (χ4n) is 2.33. The summed E-state index contributed by atoms with van der Waals surface area (Å²) in [5.74, 6) is 0.912. The average molecular weight is 296 g/mol. The molecule has 112 valence electrons. The van der Waals surface area contributed by atoms with E-state index in [1.165, 1.54) is 6.33 Å². The number of hydrogen-bond donors (Lipinski definition) is 2. The van der Waals surface area contributed by atoms with Gasteiger partial charge in [0.25, 0.3) is 0 Å². The molecule has 0 atom stereocenters. The molecule has 7 heteroatoms. The van der Waals surface area contributed by atoms with Crippen LogP contribution >= 0.6 is 0 Å².